The predicted octanol–water partition coefficient (Wildman–Crippen LogP) is -0.338. The Morgan fingerprint density at radius 3 is 3.00 bits per heavy atom. The molecule has 0 radical (unpaired) electrons. The first-order valence-electron chi connectivity index (χ1n) is 4.36. The third-order valence-corrected chi connectivity index (χ3v) is 2.33. The normalized spacial score (nSPS) is 24.8. The lowest BCUT2D eigenvalue weighted by atomic mass is 10.2. The Kier molecular flexibility index (Phi) is 3.83. The van der Waals surface area contributed by atoms with Crippen LogP contribution in [-0.2, 0) is 0 Å². The third kappa shape index (κ3) is 2.77. The highest BCUT2D eigenvalue weighted by atomic mass is 16.3. The molecule has 0 spiro atoms. The molecule has 1 rings (SSSR count). The van der Waals surface area contributed by atoms with Gasteiger partial charge in [-0.25, -0.2) is 0 Å². The van der Waals surface area contributed by atoms with Crippen LogP contribution in [0.5, 0.6) is 0 Å². The summed E-state index contributed by atoms with van der Waals surface area (Å²) in [4.78, 5) is 2.33. The summed E-state index contributed by atoms with van der Waals surface area (Å²) in [7, 11) is 2.13. The molecule has 2 N–H and O–H groups in total. The molecule has 1 saturated heterocycles. The fourth-order valence-corrected chi connectivity index (χ4v) is 1.52. The topological polar surface area (TPSA) is 35.5 Å². The number of nitrogens with one attached hydrogen (secondary N) is 1. The second kappa shape index (κ2) is 4.70. The molecule has 1 fully saturated rings. The van der Waals surface area contributed by atoms with Gasteiger partial charge in [-0.15, -0.1) is 0 Å². The zero-order valence-corrected chi connectivity index (χ0v) is 7.21. The Morgan fingerprint density at radius 2 is 2.45 bits per heavy atom. The highest BCUT2D eigenvalue weighted by Crippen LogP contribution is 2.05. The Balaban J connectivity index is 2.12. The molecule has 0 amide bonds. The van der Waals surface area contributed by atoms with Crippen LogP contribution in [0.15, 0.2) is 0 Å². The van der Waals surface area contributed by atoms with Crippen LogP contribution in [-0.4, -0.2) is 49.3 Å². The Bertz CT molecular complexity index is 102. The van der Waals surface area contributed by atoms with E-state index < -0.39 is 0 Å². The lowest BCUT2D eigenvalue weighted by Gasteiger charge is -2.22. The average Bonchev–Trinajstić information content (AvgIpc) is 2.52. The zero-order valence-electron chi connectivity index (χ0n) is 7.21. The molecule has 0 aromatic carbocycles. The maximum absolute atomic E-state index is 8.62. The molecule has 1 heterocycles. The van der Waals surface area contributed by atoms with E-state index >= 15 is 0 Å². The molecule has 1 atom stereocenters. The van der Waals surface area contributed by atoms with Gasteiger partial charge in [-0.2, -0.15) is 0 Å². The van der Waals surface area contributed by atoms with E-state index in [-0.39, 0.29) is 0 Å². The Hall–Kier alpha value is -0.120. The molecular formula is C8H18N2O. The minimum Gasteiger partial charge on any atom is -0.396 e. The standard InChI is InChI=1S/C8H18N2O/c1-10(5-2-6-11)8-3-4-9-7-8/h8-9,11H,2-7H2,1H3. The predicted molar refractivity (Wildman–Crippen MR) is 45.6 cm³/mol. The van der Waals surface area contributed by atoms with Crippen LogP contribution in [0.1, 0.15) is 12.8 Å². The van der Waals surface area contributed by atoms with Gasteiger partial charge in [0.25, 0.3) is 0 Å². The Labute approximate surface area is 68.4 Å². The molecular weight excluding hydrogens is 140 g/mol. The van der Waals surface area contributed by atoms with Crippen molar-refractivity contribution in [2.45, 2.75) is 18.9 Å². The van der Waals surface area contributed by atoms with E-state index in [9.17, 15) is 0 Å². The smallest absolute Gasteiger partial charge is 0.0443 e. The largest absolute Gasteiger partial charge is 0.396 e. The van der Waals surface area contributed by atoms with Gasteiger partial charge in [0.1, 0.15) is 0 Å². The van der Waals surface area contributed by atoms with E-state index in [0.29, 0.717) is 12.6 Å². The molecule has 0 bridgehead atoms. The summed E-state index contributed by atoms with van der Waals surface area (Å²) < 4.78 is 0. The molecule has 0 saturated carbocycles. The van der Waals surface area contributed by atoms with Crippen molar-refractivity contribution in [3.63, 3.8) is 0 Å². The second-order valence-electron chi connectivity index (χ2n) is 3.20. The van der Waals surface area contributed by atoms with Crippen LogP contribution >= 0.6 is 0 Å². The minimum absolute atomic E-state index is 0.310. The van der Waals surface area contributed by atoms with Gasteiger partial charge in [0, 0.05) is 25.7 Å². The highest BCUT2D eigenvalue weighted by Gasteiger charge is 2.17. The second-order valence-corrected chi connectivity index (χ2v) is 3.20. The van der Waals surface area contributed by atoms with Crippen molar-refractivity contribution in [2.24, 2.45) is 0 Å². The SMILES string of the molecule is CN(CCCO)C1CCNC1. The summed E-state index contributed by atoms with van der Waals surface area (Å²) in [5, 5.41) is 11.9. The van der Waals surface area contributed by atoms with Crippen molar-refractivity contribution < 1.29 is 5.11 Å². The summed E-state index contributed by atoms with van der Waals surface area (Å²) in [6, 6.07) is 0.696. The third-order valence-electron chi connectivity index (χ3n) is 2.33. The molecule has 0 aromatic heterocycles. The van der Waals surface area contributed by atoms with E-state index in [4.69, 9.17) is 5.11 Å². The van der Waals surface area contributed by atoms with Crippen molar-refractivity contribution in [3.8, 4) is 0 Å². The van der Waals surface area contributed by atoms with Gasteiger partial charge in [-0.05, 0) is 26.4 Å². The van der Waals surface area contributed by atoms with Gasteiger partial charge in [-0.3, -0.25) is 0 Å². The monoisotopic (exact) mass is 158 g/mol. The van der Waals surface area contributed by atoms with Crippen molar-refractivity contribution in [1.29, 1.82) is 0 Å². The summed E-state index contributed by atoms with van der Waals surface area (Å²) in [5.41, 5.74) is 0. The van der Waals surface area contributed by atoms with E-state index in [1.807, 2.05) is 0 Å². The van der Waals surface area contributed by atoms with Crippen molar-refractivity contribution in [3.05, 3.63) is 0 Å². The number of hydrogen-bond donors (Lipinski definition) is 2. The molecule has 1 aliphatic heterocycles. The van der Waals surface area contributed by atoms with Crippen LogP contribution in [0.25, 0.3) is 0 Å². The maximum atomic E-state index is 8.62. The van der Waals surface area contributed by atoms with E-state index in [0.717, 1.165) is 26.1 Å². The van der Waals surface area contributed by atoms with Crippen LogP contribution in [0.3, 0.4) is 0 Å². The van der Waals surface area contributed by atoms with Gasteiger partial charge in [0.15, 0.2) is 0 Å². The molecule has 1 aliphatic rings. The summed E-state index contributed by atoms with van der Waals surface area (Å²) >= 11 is 0. The quantitative estimate of drug-likeness (QED) is 0.587. The number of hydrogen-bond acceptors (Lipinski definition) is 3. The average molecular weight is 158 g/mol. The van der Waals surface area contributed by atoms with Gasteiger partial charge < -0.3 is 15.3 Å². The molecule has 0 aliphatic carbocycles. The fourth-order valence-electron chi connectivity index (χ4n) is 1.52. The number of aliphatic hydroxyl groups excluding tert-OH is 1. The van der Waals surface area contributed by atoms with Gasteiger partial charge in [-0.1, -0.05) is 0 Å². The highest BCUT2D eigenvalue weighted by molar-refractivity contribution is 4.78. The number of rotatable bonds is 4. The van der Waals surface area contributed by atoms with E-state index in [1.54, 1.807) is 0 Å². The van der Waals surface area contributed by atoms with Crippen LogP contribution in [0, 0.1) is 0 Å². The number of likely N-dealkylation sites (N-methyl/N-ethyl adjacent to an activating group) is 1. The molecule has 1 unspecified atom stereocenters. The number of nitrogens with zero attached hydrogens (tertiary/aromatic N) is 1. The molecule has 66 valence electrons. The lowest BCUT2D eigenvalue weighted by Crippen LogP contribution is -2.34. The van der Waals surface area contributed by atoms with Crippen LogP contribution < -0.4 is 5.32 Å². The fraction of sp³-hybridized carbons (Fsp3) is 1.00. The minimum atomic E-state index is 0.310. The molecule has 3 heteroatoms. The molecule has 3 nitrogen and oxygen atoms in total. The number of aliphatic hydroxyl groups is 1. The van der Waals surface area contributed by atoms with Gasteiger partial charge in [0.2, 0.25) is 0 Å². The first-order valence-corrected chi connectivity index (χ1v) is 4.36. The lowest BCUT2D eigenvalue weighted by molar-refractivity contribution is 0.215. The van der Waals surface area contributed by atoms with E-state index in [2.05, 4.69) is 17.3 Å². The Morgan fingerprint density at radius 1 is 1.64 bits per heavy atom. The summed E-state index contributed by atoms with van der Waals surface area (Å²) in [6.45, 7) is 3.59. The first kappa shape index (κ1) is 8.97. The van der Waals surface area contributed by atoms with E-state index in [1.165, 1.54) is 6.42 Å². The maximum Gasteiger partial charge on any atom is 0.0443 e. The van der Waals surface area contributed by atoms with Crippen molar-refractivity contribution >= 4 is 0 Å². The molecule has 0 aromatic rings. The molecule has 11 heavy (non-hydrogen) atoms. The first-order chi connectivity index (χ1) is 5.34. The van der Waals surface area contributed by atoms with Crippen molar-refractivity contribution in [1.82, 2.24) is 10.2 Å². The zero-order chi connectivity index (χ0) is 8.10. The van der Waals surface area contributed by atoms with Crippen LogP contribution in [0.2, 0.25) is 0 Å². The van der Waals surface area contributed by atoms with Crippen LogP contribution in [0.4, 0.5) is 0 Å². The van der Waals surface area contributed by atoms with Gasteiger partial charge >= 0.3 is 0 Å². The van der Waals surface area contributed by atoms with Crippen molar-refractivity contribution in [2.75, 3.05) is 33.3 Å². The van der Waals surface area contributed by atoms with Gasteiger partial charge in [0.05, 0.1) is 0 Å². The summed E-state index contributed by atoms with van der Waals surface area (Å²) in [6.07, 6.45) is 2.15. The summed E-state index contributed by atoms with van der Waals surface area (Å²) in [5.74, 6) is 0.